The minimum absolute atomic E-state index is 0.257. The average Bonchev–Trinajstić information content (AvgIpc) is 2.20. The second kappa shape index (κ2) is 3.68. The Balaban J connectivity index is 2.82. The molecule has 0 fully saturated rings. The molecule has 0 spiro atoms. The minimum atomic E-state index is -0.273. The van der Waals surface area contributed by atoms with Crippen LogP contribution in [-0.2, 0) is 6.61 Å². The van der Waals surface area contributed by atoms with Gasteiger partial charge in [0.05, 0.1) is 6.61 Å². The normalized spacial score (nSPS) is 10.9. The number of aromatic nitrogens is 1. The van der Waals surface area contributed by atoms with Gasteiger partial charge in [0.2, 0.25) is 0 Å². The standard InChI is InChI=1S/C11H10ClNO2/c1-6-2-7-3-8(5-14)11(15)13-10(7)4-9(6)12/h2-4,14H,5H2,1H3,(H,13,15). The molecule has 2 rings (SSSR count). The van der Waals surface area contributed by atoms with Crippen LogP contribution < -0.4 is 5.56 Å². The Morgan fingerprint density at radius 2 is 2.13 bits per heavy atom. The molecule has 15 heavy (non-hydrogen) atoms. The van der Waals surface area contributed by atoms with Crippen molar-refractivity contribution < 1.29 is 5.11 Å². The third-order valence-corrected chi connectivity index (χ3v) is 2.78. The number of aliphatic hydroxyl groups excluding tert-OH is 1. The maximum absolute atomic E-state index is 11.4. The van der Waals surface area contributed by atoms with E-state index in [9.17, 15) is 4.79 Å². The van der Waals surface area contributed by atoms with Gasteiger partial charge in [-0.15, -0.1) is 0 Å². The van der Waals surface area contributed by atoms with Crippen molar-refractivity contribution in [3.8, 4) is 0 Å². The Kier molecular flexibility index (Phi) is 2.50. The first-order chi connectivity index (χ1) is 7.11. The van der Waals surface area contributed by atoms with Crippen molar-refractivity contribution in [3.05, 3.63) is 44.7 Å². The summed E-state index contributed by atoms with van der Waals surface area (Å²) in [6.45, 7) is 1.64. The van der Waals surface area contributed by atoms with Gasteiger partial charge in [0.1, 0.15) is 0 Å². The zero-order valence-electron chi connectivity index (χ0n) is 8.17. The molecule has 1 heterocycles. The van der Waals surface area contributed by atoms with Crippen molar-refractivity contribution in [2.75, 3.05) is 0 Å². The van der Waals surface area contributed by atoms with E-state index < -0.39 is 0 Å². The molecule has 0 aliphatic carbocycles. The summed E-state index contributed by atoms with van der Waals surface area (Å²) in [6, 6.07) is 5.28. The minimum Gasteiger partial charge on any atom is -0.391 e. The highest BCUT2D eigenvalue weighted by atomic mass is 35.5. The Morgan fingerprint density at radius 1 is 1.40 bits per heavy atom. The lowest BCUT2D eigenvalue weighted by atomic mass is 10.1. The number of benzene rings is 1. The first-order valence-electron chi connectivity index (χ1n) is 4.54. The van der Waals surface area contributed by atoms with Gasteiger partial charge in [-0.3, -0.25) is 4.79 Å². The lowest BCUT2D eigenvalue weighted by Crippen LogP contribution is -2.11. The molecular weight excluding hydrogens is 214 g/mol. The number of aliphatic hydroxyl groups is 1. The maximum Gasteiger partial charge on any atom is 0.253 e. The molecule has 0 saturated carbocycles. The number of rotatable bonds is 1. The zero-order valence-corrected chi connectivity index (χ0v) is 8.93. The Bertz CT molecular complexity index is 575. The molecular formula is C11H10ClNO2. The highest BCUT2D eigenvalue weighted by Gasteiger charge is 2.04. The maximum atomic E-state index is 11.4. The van der Waals surface area contributed by atoms with Gasteiger partial charge in [-0.2, -0.15) is 0 Å². The van der Waals surface area contributed by atoms with E-state index in [0.717, 1.165) is 10.9 Å². The Hall–Kier alpha value is -1.32. The molecule has 78 valence electrons. The van der Waals surface area contributed by atoms with Crippen LogP contribution in [-0.4, -0.2) is 10.1 Å². The summed E-state index contributed by atoms with van der Waals surface area (Å²) >= 11 is 5.94. The number of H-pyrrole nitrogens is 1. The monoisotopic (exact) mass is 223 g/mol. The predicted octanol–water partition coefficient (Wildman–Crippen LogP) is 1.98. The van der Waals surface area contributed by atoms with Crippen LogP contribution in [0.2, 0.25) is 5.02 Å². The Labute approximate surface area is 91.3 Å². The first-order valence-corrected chi connectivity index (χ1v) is 4.92. The smallest absolute Gasteiger partial charge is 0.253 e. The fourth-order valence-electron chi connectivity index (χ4n) is 1.50. The molecule has 1 aromatic carbocycles. The van der Waals surface area contributed by atoms with Crippen LogP contribution in [0.4, 0.5) is 0 Å². The molecule has 1 aromatic heterocycles. The Morgan fingerprint density at radius 3 is 2.80 bits per heavy atom. The number of hydrogen-bond donors (Lipinski definition) is 2. The molecule has 2 N–H and O–H groups in total. The topological polar surface area (TPSA) is 53.1 Å². The molecule has 0 saturated heterocycles. The lowest BCUT2D eigenvalue weighted by molar-refractivity contribution is 0.280. The molecule has 0 unspecified atom stereocenters. The van der Waals surface area contributed by atoms with Crippen LogP contribution in [0, 0.1) is 6.92 Å². The van der Waals surface area contributed by atoms with Crippen LogP contribution in [0.5, 0.6) is 0 Å². The highest BCUT2D eigenvalue weighted by Crippen LogP contribution is 2.21. The van der Waals surface area contributed by atoms with Crippen molar-refractivity contribution >= 4 is 22.5 Å². The van der Waals surface area contributed by atoms with Gasteiger partial charge >= 0.3 is 0 Å². The number of hydrogen-bond acceptors (Lipinski definition) is 2. The van der Waals surface area contributed by atoms with Gasteiger partial charge in [0.25, 0.3) is 5.56 Å². The average molecular weight is 224 g/mol. The number of aryl methyl sites for hydroxylation is 1. The van der Waals surface area contributed by atoms with Gasteiger partial charge in [-0.05, 0) is 36.1 Å². The molecule has 0 aliphatic rings. The summed E-state index contributed by atoms with van der Waals surface area (Å²) in [6.07, 6.45) is 0. The number of fused-ring (bicyclic) bond motifs is 1. The molecule has 0 atom stereocenters. The van der Waals surface area contributed by atoms with Crippen molar-refractivity contribution in [2.24, 2.45) is 0 Å². The predicted molar refractivity (Wildman–Crippen MR) is 60.2 cm³/mol. The van der Waals surface area contributed by atoms with Gasteiger partial charge in [-0.25, -0.2) is 0 Å². The second-order valence-electron chi connectivity index (χ2n) is 3.47. The summed E-state index contributed by atoms with van der Waals surface area (Å²) in [4.78, 5) is 14.1. The van der Waals surface area contributed by atoms with Crippen LogP contribution in [0.3, 0.4) is 0 Å². The molecule has 2 aromatic rings. The van der Waals surface area contributed by atoms with Crippen LogP contribution in [0.1, 0.15) is 11.1 Å². The second-order valence-corrected chi connectivity index (χ2v) is 3.88. The van der Waals surface area contributed by atoms with Crippen molar-refractivity contribution in [1.29, 1.82) is 0 Å². The van der Waals surface area contributed by atoms with Gasteiger partial charge in [0, 0.05) is 16.1 Å². The van der Waals surface area contributed by atoms with Gasteiger partial charge < -0.3 is 10.1 Å². The van der Waals surface area contributed by atoms with E-state index in [0.29, 0.717) is 16.1 Å². The van der Waals surface area contributed by atoms with Crippen molar-refractivity contribution in [3.63, 3.8) is 0 Å². The van der Waals surface area contributed by atoms with Crippen LogP contribution in [0.15, 0.2) is 23.0 Å². The van der Waals surface area contributed by atoms with E-state index in [2.05, 4.69) is 4.98 Å². The molecule has 0 bridgehead atoms. The van der Waals surface area contributed by atoms with Crippen LogP contribution >= 0.6 is 11.6 Å². The number of nitrogens with one attached hydrogen (secondary N) is 1. The summed E-state index contributed by atoms with van der Waals surface area (Å²) in [5.41, 5.74) is 1.72. The van der Waals surface area contributed by atoms with Crippen molar-refractivity contribution in [2.45, 2.75) is 13.5 Å². The summed E-state index contributed by atoms with van der Waals surface area (Å²) in [5, 5.41) is 10.5. The quantitative estimate of drug-likeness (QED) is 0.777. The van der Waals surface area contributed by atoms with E-state index in [1.165, 1.54) is 0 Å². The number of aromatic amines is 1. The zero-order chi connectivity index (χ0) is 11.0. The van der Waals surface area contributed by atoms with Crippen LogP contribution in [0.25, 0.3) is 10.9 Å². The summed E-state index contributed by atoms with van der Waals surface area (Å²) < 4.78 is 0. The molecule has 3 nitrogen and oxygen atoms in total. The van der Waals surface area contributed by atoms with E-state index in [1.54, 1.807) is 12.1 Å². The van der Waals surface area contributed by atoms with Gasteiger partial charge in [-0.1, -0.05) is 11.6 Å². The molecule has 4 heteroatoms. The fourth-order valence-corrected chi connectivity index (χ4v) is 1.67. The summed E-state index contributed by atoms with van der Waals surface area (Å²) in [7, 11) is 0. The van der Waals surface area contributed by atoms with Gasteiger partial charge in [0.15, 0.2) is 0 Å². The molecule has 0 radical (unpaired) electrons. The van der Waals surface area contributed by atoms with Crippen molar-refractivity contribution in [1.82, 2.24) is 4.98 Å². The lowest BCUT2D eigenvalue weighted by Gasteiger charge is -2.03. The number of halogens is 1. The number of pyridine rings is 1. The first kappa shape index (κ1) is 10.2. The van der Waals surface area contributed by atoms with E-state index in [-0.39, 0.29) is 12.2 Å². The third-order valence-electron chi connectivity index (χ3n) is 2.37. The summed E-state index contributed by atoms with van der Waals surface area (Å²) in [5.74, 6) is 0. The highest BCUT2D eigenvalue weighted by molar-refractivity contribution is 6.32. The molecule has 0 aliphatic heterocycles. The fraction of sp³-hybridized carbons (Fsp3) is 0.182. The van der Waals surface area contributed by atoms with E-state index in [1.807, 2.05) is 13.0 Å². The third kappa shape index (κ3) is 1.76. The van der Waals surface area contributed by atoms with E-state index >= 15 is 0 Å². The molecule has 0 amide bonds. The largest absolute Gasteiger partial charge is 0.391 e. The van der Waals surface area contributed by atoms with E-state index in [4.69, 9.17) is 16.7 Å². The SMILES string of the molecule is Cc1cc2cc(CO)c(=O)[nH]c2cc1Cl.